The number of nitrogens with zero attached hydrogens (tertiary/aromatic N) is 4. The number of para-hydroxylation sites is 2. The Morgan fingerprint density at radius 1 is 1.09 bits per heavy atom. The summed E-state index contributed by atoms with van der Waals surface area (Å²) >= 11 is 0. The lowest BCUT2D eigenvalue weighted by atomic mass is 10.2. The number of aromatic nitrogens is 2. The number of fused-ring (bicyclic) bond motifs is 4. The molecule has 0 aromatic heterocycles. The Bertz CT molecular complexity index is 1070. The van der Waals surface area contributed by atoms with E-state index in [-0.39, 0.29) is 0 Å². The lowest BCUT2D eigenvalue weighted by Crippen LogP contribution is -2.03. The molecule has 0 unspecified atom stereocenters. The van der Waals surface area contributed by atoms with Gasteiger partial charge in [0.25, 0.3) is 0 Å². The molecule has 0 fully saturated rings. The summed E-state index contributed by atoms with van der Waals surface area (Å²) in [5.41, 5.74) is 7.60. The molecule has 2 aromatic rings. The number of urea groups is 1. The third-order valence-electron chi connectivity index (χ3n) is 3.69. The number of hydrogen-bond donors (Lipinski definition) is 2. The van der Waals surface area contributed by atoms with Crippen molar-refractivity contribution in [2.45, 2.75) is 0 Å². The predicted octanol–water partition coefficient (Wildman–Crippen LogP) is 3.69. The number of azo groups is 1. The summed E-state index contributed by atoms with van der Waals surface area (Å²) in [6.45, 7) is 0. The van der Waals surface area contributed by atoms with E-state index in [1.54, 1.807) is 12.1 Å². The van der Waals surface area contributed by atoms with Crippen molar-refractivity contribution in [3.8, 4) is 11.4 Å². The van der Waals surface area contributed by atoms with Crippen molar-refractivity contribution in [3.05, 3.63) is 48.5 Å². The summed E-state index contributed by atoms with van der Waals surface area (Å²) in [6.07, 6.45) is 0. The van der Waals surface area contributed by atoms with Crippen LogP contribution in [0.4, 0.5) is 10.5 Å². The molecule has 2 aliphatic rings. The fourth-order valence-electron chi connectivity index (χ4n) is 2.76. The summed E-state index contributed by atoms with van der Waals surface area (Å²) in [6, 6.07) is 13.7. The van der Waals surface area contributed by atoms with Crippen LogP contribution in [0.25, 0.3) is 33.2 Å². The second kappa shape index (κ2) is 4.77. The minimum atomic E-state index is -0.888. The number of carbonyl (C=O) groups is 1. The lowest BCUT2D eigenvalue weighted by Gasteiger charge is -2.10. The van der Waals surface area contributed by atoms with Crippen LogP contribution >= 0.6 is 0 Å². The SMILES string of the molecule is NC(=O)N=Nc1c2nc3ccccc3n(O)c-2c2ccccc12. The molecule has 1 aliphatic carbocycles. The normalized spacial score (nSPS) is 11.8. The topological polar surface area (TPSA) is 106 Å². The Morgan fingerprint density at radius 3 is 2.57 bits per heavy atom. The van der Waals surface area contributed by atoms with E-state index in [2.05, 4.69) is 15.2 Å². The van der Waals surface area contributed by atoms with Crippen LogP contribution in [0.3, 0.4) is 0 Å². The smallest absolute Gasteiger partial charge is 0.356 e. The van der Waals surface area contributed by atoms with Crippen LogP contribution < -0.4 is 5.73 Å². The second-order valence-electron chi connectivity index (χ2n) is 5.04. The van der Waals surface area contributed by atoms with Crippen LogP contribution in [0.5, 0.6) is 0 Å². The summed E-state index contributed by atoms with van der Waals surface area (Å²) in [7, 11) is 0. The molecule has 23 heavy (non-hydrogen) atoms. The molecule has 0 saturated heterocycles. The van der Waals surface area contributed by atoms with Crippen LogP contribution in [0.1, 0.15) is 0 Å². The van der Waals surface area contributed by atoms with Gasteiger partial charge in [-0.2, -0.15) is 4.73 Å². The van der Waals surface area contributed by atoms with E-state index in [1.807, 2.05) is 36.4 Å². The van der Waals surface area contributed by atoms with Crippen molar-refractivity contribution in [1.82, 2.24) is 9.71 Å². The van der Waals surface area contributed by atoms with Gasteiger partial charge in [-0.1, -0.05) is 41.5 Å². The molecular formula is C16H11N5O2. The van der Waals surface area contributed by atoms with Gasteiger partial charge in [-0.15, -0.1) is 5.11 Å². The van der Waals surface area contributed by atoms with Crippen molar-refractivity contribution >= 4 is 33.5 Å². The fraction of sp³-hybridized carbons (Fsp3) is 0. The maximum absolute atomic E-state index is 10.9. The van der Waals surface area contributed by atoms with E-state index < -0.39 is 6.03 Å². The summed E-state index contributed by atoms with van der Waals surface area (Å²) in [5.74, 6) is 0. The Kier molecular flexibility index (Phi) is 2.74. The van der Waals surface area contributed by atoms with Gasteiger partial charge in [-0.25, -0.2) is 9.78 Å². The van der Waals surface area contributed by atoms with Gasteiger partial charge >= 0.3 is 6.03 Å². The molecule has 3 N–H and O–H groups in total. The lowest BCUT2D eigenvalue weighted by molar-refractivity contribution is 0.203. The molecule has 0 bridgehead atoms. The minimum absolute atomic E-state index is 0.406. The van der Waals surface area contributed by atoms with Gasteiger partial charge in [0.15, 0.2) is 0 Å². The van der Waals surface area contributed by atoms with E-state index >= 15 is 0 Å². The van der Waals surface area contributed by atoms with E-state index in [0.29, 0.717) is 28.1 Å². The van der Waals surface area contributed by atoms with Gasteiger partial charge in [0, 0.05) is 10.8 Å². The van der Waals surface area contributed by atoms with Gasteiger partial charge in [-0.05, 0) is 12.1 Å². The highest BCUT2D eigenvalue weighted by Crippen LogP contribution is 2.44. The number of primary amides is 1. The highest BCUT2D eigenvalue weighted by molar-refractivity contribution is 6.11. The summed E-state index contributed by atoms with van der Waals surface area (Å²) in [4.78, 5) is 15.5. The Hall–Kier alpha value is -3.48. The van der Waals surface area contributed by atoms with Gasteiger partial charge in [0.1, 0.15) is 22.6 Å². The standard InChI is InChI=1S/C16H11N5O2/c17-16(22)20-19-13-9-5-1-2-6-10(9)15-14(13)18-11-7-3-4-8-12(11)21(15)23/h1-8,23H,(H2,17,22). The molecule has 7 heteroatoms. The first kappa shape index (κ1) is 13.2. The number of benzene rings is 2. The van der Waals surface area contributed by atoms with Crippen molar-refractivity contribution in [2.75, 3.05) is 0 Å². The van der Waals surface area contributed by atoms with Crippen LogP contribution in [0, 0.1) is 0 Å². The van der Waals surface area contributed by atoms with Gasteiger partial charge in [-0.3, -0.25) is 0 Å². The molecule has 7 nitrogen and oxygen atoms in total. The molecule has 2 amide bonds. The van der Waals surface area contributed by atoms with E-state index in [4.69, 9.17) is 5.73 Å². The Labute approximate surface area is 130 Å². The average molecular weight is 305 g/mol. The Morgan fingerprint density at radius 2 is 1.78 bits per heavy atom. The molecule has 0 saturated carbocycles. The molecule has 1 heterocycles. The highest BCUT2D eigenvalue weighted by Gasteiger charge is 2.24. The van der Waals surface area contributed by atoms with Crippen molar-refractivity contribution in [1.29, 1.82) is 0 Å². The van der Waals surface area contributed by atoms with Crippen LogP contribution in [-0.2, 0) is 0 Å². The molecule has 0 spiro atoms. The number of amides is 2. The zero-order chi connectivity index (χ0) is 16.0. The van der Waals surface area contributed by atoms with E-state index in [0.717, 1.165) is 15.5 Å². The third kappa shape index (κ3) is 1.90. The monoisotopic (exact) mass is 305 g/mol. The third-order valence-corrected chi connectivity index (χ3v) is 3.69. The molecule has 0 atom stereocenters. The number of hydrogen-bond acceptors (Lipinski definition) is 4. The number of nitrogens with two attached hydrogens (primary N) is 1. The van der Waals surface area contributed by atoms with Gasteiger partial charge in [0.2, 0.25) is 0 Å². The summed E-state index contributed by atoms with van der Waals surface area (Å²) in [5, 5.41) is 19.5. The van der Waals surface area contributed by atoms with Crippen molar-refractivity contribution < 1.29 is 10.0 Å². The highest BCUT2D eigenvalue weighted by atomic mass is 16.5. The molecule has 2 aromatic carbocycles. The maximum atomic E-state index is 10.9. The summed E-state index contributed by atoms with van der Waals surface area (Å²) < 4.78 is 1.09. The number of carbonyl (C=O) groups excluding carboxylic acids is 1. The fourth-order valence-corrected chi connectivity index (χ4v) is 2.76. The Balaban J connectivity index is 2.20. The number of rotatable bonds is 1. The van der Waals surface area contributed by atoms with Crippen molar-refractivity contribution in [2.24, 2.45) is 16.0 Å². The molecule has 112 valence electrons. The zero-order valence-corrected chi connectivity index (χ0v) is 11.8. The zero-order valence-electron chi connectivity index (χ0n) is 11.8. The first-order valence-electron chi connectivity index (χ1n) is 6.89. The predicted molar refractivity (Wildman–Crippen MR) is 85.1 cm³/mol. The van der Waals surface area contributed by atoms with Crippen LogP contribution in [-0.4, -0.2) is 21.0 Å². The minimum Gasteiger partial charge on any atom is -0.428 e. The molecule has 1 aliphatic heterocycles. The van der Waals surface area contributed by atoms with Gasteiger partial charge in [0.05, 0.1) is 5.52 Å². The van der Waals surface area contributed by atoms with Crippen LogP contribution in [0.15, 0.2) is 58.8 Å². The molecule has 0 radical (unpaired) electrons. The molecular weight excluding hydrogens is 294 g/mol. The largest absolute Gasteiger partial charge is 0.428 e. The molecule has 4 rings (SSSR count). The quantitative estimate of drug-likeness (QED) is 0.413. The second-order valence-corrected chi connectivity index (χ2v) is 5.04. The van der Waals surface area contributed by atoms with E-state index in [9.17, 15) is 10.0 Å². The van der Waals surface area contributed by atoms with Gasteiger partial charge < -0.3 is 10.9 Å². The maximum Gasteiger partial charge on any atom is 0.356 e. The van der Waals surface area contributed by atoms with E-state index in [1.165, 1.54) is 0 Å². The van der Waals surface area contributed by atoms with Crippen molar-refractivity contribution in [3.63, 3.8) is 0 Å². The first-order chi connectivity index (χ1) is 11.2. The van der Waals surface area contributed by atoms with Crippen LogP contribution in [0.2, 0.25) is 0 Å². The average Bonchev–Trinajstić information content (AvgIpc) is 2.87. The first-order valence-corrected chi connectivity index (χ1v) is 6.89.